The molecule has 1 amide bonds. The maximum atomic E-state index is 13.2. The van der Waals surface area contributed by atoms with Crippen molar-refractivity contribution in [2.75, 3.05) is 5.32 Å². The van der Waals surface area contributed by atoms with Crippen LogP contribution in [0.2, 0.25) is 0 Å². The Morgan fingerprint density at radius 1 is 1.00 bits per heavy atom. The van der Waals surface area contributed by atoms with Gasteiger partial charge in [0.15, 0.2) is 0 Å². The zero-order chi connectivity index (χ0) is 20.4. The van der Waals surface area contributed by atoms with Crippen molar-refractivity contribution < 1.29 is 18.0 Å². The third-order valence-corrected chi connectivity index (χ3v) is 4.38. The molecule has 0 saturated carbocycles. The molecule has 0 bridgehead atoms. The number of aromatic nitrogens is 3. The topological polar surface area (TPSA) is 59.8 Å². The molecule has 2 aromatic carbocycles. The van der Waals surface area contributed by atoms with Gasteiger partial charge in [-0.1, -0.05) is 24.3 Å². The van der Waals surface area contributed by atoms with Crippen LogP contribution in [0, 0.1) is 0 Å². The molecular formula is C21H15F3N4O. The maximum absolute atomic E-state index is 13.2. The number of nitrogens with zero attached hydrogens (tertiary/aromatic N) is 3. The molecule has 4 aromatic rings. The summed E-state index contributed by atoms with van der Waals surface area (Å²) in [6.07, 6.45) is -1.32. The Morgan fingerprint density at radius 2 is 1.76 bits per heavy atom. The van der Waals surface area contributed by atoms with Crippen LogP contribution in [0.1, 0.15) is 5.56 Å². The van der Waals surface area contributed by atoms with Crippen LogP contribution in [0.3, 0.4) is 0 Å². The predicted molar refractivity (Wildman–Crippen MR) is 103 cm³/mol. The van der Waals surface area contributed by atoms with Crippen LogP contribution in [0.15, 0.2) is 73.1 Å². The second-order valence-electron chi connectivity index (χ2n) is 6.34. The van der Waals surface area contributed by atoms with Crippen LogP contribution in [-0.4, -0.2) is 20.4 Å². The Bertz CT molecular complexity index is 1170. The first-order chi connectivity index (χ1) is 13.9. The van der Waals surface area contributed by atoms with E-state index in [1.54, 1.807) is 29.1 Å². The number of imidazole rings is 1. The van der Waals surface area contributed by atoms with Gasteiger partial charge in [0.05, 0.1) is 22.3 Å². The fourth-order valence-electron chi connectivity index (χ4n) is 3.12. The lowest BCUT2D eigenvalue weighted by Gasteiger charge is -2.14. The van der Waals surface area contributed by atoms with Gasteiger partial charge in [0.25, 0.3) is 0 Å². The van der Waals surface area contributed by atoms with E-state index < -0.39 is 17.6 Å². The van der Waals surface area contributed by atoms with Crippen molar-refractivity contribution in [1.29, 1.82) is 0 Å². The Morgan fingerprint density at radius 3 is 2.52 bits per heavy atom. The van der Waals surface area contributed by atoms with E-state index in [0.717, 1.165) is 6.07 Å². The summed E-state index contributed by atoms with van der Waals surface area (Å²) in [5.41, 5.74) is 0.904. The molecule has 2 aromatic heterocycles. The van der Waals surface area contributed by atoms with Crippen LogP contribution < -0.4 is 5.32 Å². The lowest BCUT2D eigenvalue weighted by Crippen LogP contribution is -2.21. The number of benzene rings is 2. The number of carbonyl (C=O) groups excluding carboxylic acids is 1. The van der Waals surface area contributed by atoms with Gasteiger partial charge in [-0.25, -0.2) is 4.98 Å². The lowest BCUT2D eigenvalue weighted by atomic mass is 10.1. The van der Waals surface area contributed by atoms with Crippen LogP contribution in [0.4, 0.5) is 18.9 Å². The molecule has 0 unspecified atom stereocenters. The summed E-state index contributed by atoms with van der Waals surface area (Å²) in [5.74, 6) is -0.0754. The number of halogens is 3. The van der Waals surface area contributed by atoms with Crippen LogP contribution in [0.5, 0.6) is 0 Å². The zero-order valence-electron chi connectivity index (χ0n) is 15.0. The molecule has 8 heteroatoms. The summed E-state index contributed by atoms with van der Waals surface area (Å²) >= 11 is 0. The quantitative estimate of drug-likeness (QED) is 0.541. The van der Waals surface area contributed by atoms with Crippen LogP contribution in [-0.2, 0) is 17.5 Å². The van der Waals surface area contributed by atoms with Gasteiger partial charge in [-0.3, -0.25) is 9.78 Å². The summed E-state index contributed by atoms with van der Waals surface area (Å²) in [6.45, 7) is -0.197. The fraction of sp³-hybridized carbons (Fsp3) is 0.0952. The number of rotatable bonds is 4. The highest BCUT2D eigenvalue weighted by Gasteiger charge is 2.33. The van der Waals surface area contributed by atoms with E-state index in [-0.39, 0.29) is 12.2 Å². The highest BCUT2D eigenvalue weighted by Crippen LogP contribution is 2.34. The second kappa shape index (κ2) is 7.38. The first-order valence-corrected chi connectivity index (χ1v) is 8.75. The van der Waals surface area contributed by atoms with Gasteiger partial charge in [-0.05, 0) is 36.4 Å². The SMILES string of the molecule is O=C(Cn1c(-c2cccnc2)nc2ccccc21)Nc1ccccc1C(F)(F)F. The predicted octanol–water partition coefficient (Wildman–Crippen LogP) is 4.76. The van der Waals surface area contributed by atoms with Gasteiger partial charge in [-0.15, -0.1) is 0 Å². The largest absolute Gasteiger partial charge is 0.418 e. The average Bonchev–Trinajstić information content (AvgIpc) is 3.07. The van der Waals surface area contributed by atoms with E-state index in [9.17, 15) is 18.0 Å². The Balaban J connectivity index is 1.69. The number of hydrogen-bond donors (Lipinski definition) is 1. The van der Waals surface area contributed by atoms with Gasteiger partial charge in [0.2, 0.25) is 5.91 Å². The minimum absolute atomic E-state index is 0.197. The number of anilines is 1. The molecular weight excluding hydrogens is 381 g/mol. The van der Waals surface area contributed by atoms with Crippen molar-refractivity contribution >= 4 is 22.6 Å². The molecule has 0 aliphatic rings. The second-order valence-corrected chi connectivity index (χ2v) is 6.34. The molecule has 1 N–H and O–H groups in total. The van der Waals surface area contributed by atoms with E-state index in [4.69, 9.17) is 0 Å². The molecule has 4 rings (SSSR count). The van der Waals surface area contributed by atoms with E-state index in [2.05, 4.69) is 15.3 Å². The van der Waals surface area contributed by atoms with Crippen molar-refractivity contribution in [1.82, 2.24) is 14.5 Å². The summed E-state index contributed by atoms with van der Waals surface area (Å²) < 4.78 is 41.3. The molecule has 0 spiro atoms. The molecule has 146 valence electrons. The Kier molecular flexibility index (Phi) is 4.75. The van der Waals surface area contributed by atoms with Crippen molar-refractivity contribution in [3.63, 3.8) is 0 Å². The number of hydrogen-bond acceptors (Lipinski definition) is 3. The molecule has 0 saturated heterocycles. The van der Waals surface area contributed by atoms with E-state index >= 15 is 0 Å². The highest BCUT2D eigenvalue weighted by molar-refractivity contribution is 5.93. The minimum atomic E-state index is -4.56. The molecule has 0 fully saturated rings. The standard InChI is InChI=1S/C21H15F3N4O/c22-21(23,24)15-7-1-2-8-16(15)26-19(29)13-28-18-10-4-3-9-17(18)27-20(28)14-6-5-11-25-12-14/h1-12H,13H2,(H,26,29). The van der Waals surface area contributed by atoms with E-state index in [1.807, 2.05) is 24.3 Å². The fourth-order valence-corrected chi connectivity index (χ4v) is 3.12. The molecule has 0 atom stereocenters. The number of amides is 1. The molecule has 29 heavy (non-hydrogen) atoms. The molecule has 0 aliphatic carbocycles. The summed E-state index contributed by atoms with van der Waals surface area (Å²) in [5, 5.41) is 2.38. The first kappa shape index (κ1) is 18.7. The molecule has 0 radical (unpaired) electrons. The summed E-state index contributed by atoms with van der Waals surface area (Å²) in [6, 6.07) is 15.7. The normalized spacial score (nSPS) is 11.6. The zero-order valence-corrected chi connectivity index (χ0v) is 15.0. The van der Waals surface area contributed by atoms with Crippen LogP contribution in [0.25, 0.3) is 22.4 Å². The van der Waals surface area contributed by atoms with Gasteiger partial charge in [0, 0.05) is 18.0 Å². The third-order valence-electron chi connectivity index (χ3n) is 4.38. The number of fused-ring (bicyclic) bond motifs is 1. The molecule has 5 nitrogen and oxygen atoms in total. The van der Waals surface area contributed by atoms with E-state index in [1.165, 1.54) is 18.2 Å². The highest BCUT2D eigenvalue weighted by atomic mass is 19.4. The smallest absolute Gasteiger partial charge is 0.324 e. The molecule has 2 heterocycles. The number of pyridine rings is 1. The number of carbonyl (C=O) groups is 1. The van der Waals surface area contributed by atoms with Gasteiger partial charge in [0.1, 0.15) is 12.4 Å². The average molecular weight is 396 g/mol. The van der Waals surface area contributed by atoms with Crippen molar-refractivity contribution in [3.8, 4) is 11.4 Å². The van der Waals surface area contributed by atoms with Gasteiger partial charge >= 0.3 is 6.18 Å². The Hall–Kier alpha value is -3.68. The van der Waals surface area contributed by atoms with E-state index in [0.29, 0.717) is 22.4 Å². The van der Waals surface area contributed by atoms with Gasteiger partial charge < -0.3 is 9.88 Å². The number of para-hydroxylation sites is 3. The Labute approximate surface area is 163 Å². The van der Waals surface area contributed by atoms with Crippen LogP contribution >= 0.6 is 0 Å². The minimum Gasteiger partial charge on any atom is -0.324 e. The molecule has 0 aliphatic heterocycles. The third kappa shape index (κ3) is 3.82. The van der Waals surface area contributed by atoms with Gasteiger partial charge in [-0.2, -0.15) is 13.2 Å². The summed E-state index contributed by atoms with van der Waals surface area (Å²) in [4.78, 5) is 21.3. The maximum Gasteiger partial charge on any atom is 0.418 e. The number of nitrogens with one attached hydrogen (secondary N) is 1. The number of alkyl halides is 3. The van der Waals surface area contributed by atoms with Crippen molar-refractivity contribution in [2.24, 2.45) is 0 Å². The van der Waals surface area contributed by atoms with Crippen molar-refractivity contribution in [2.45, 2.75) is 12.7 Å². The van der Waals surface area contributed by atoms with Crippen molar-refractivity contribution in [3.05, 3.63) is 78.6 Å². The first-order valence-electron chi connectivity index (χ1n) is 8.75. The lowest BCUT2D eigenvalue weighted by molar-refractivity contribution is -0.137. The monoisotopic (exact) mass is 396 g/mol. The summed E-state index contributed by atoms with van der Waals surface area (Å²) in [7, 11) is 0.